The van der Waals surface area contributed by atoms with Gasteiger partial charge in [-0.1, -0.05) is 46.0 Å². The monoisotopic (exact) mass is 256 g/mol. The average molecular weight is 256 g/mol. The van der Waals surface area contributed by atoms with E-state index in [0.29, 0.717) is 18.9 Å². The number of ether oxygens (including phenoxy) is 1. The normalized spacial score (nSPS) is 20.4. The summed E-state index contributed by atoms with van der Waals surface area (Å²) in [6.07, 6.45) is 8.06. The van der Waals surface area contributed by atoms with Crippen molar-refractivity contribution in [3.05, 3.63) is 0 Å². The Morgan fingerprint density at radius 1 is 1.17 bits per heavy atom. The molecule has 0 radical (unpaired) electrons. The predicted molar refractivity (Wildman–Crippen MR) is 72.7 cm³/mol. The number of carboxylic acid groups (broad SMARTS) is 1. The molecule has 0 unspecified atom stereocenters. The Kier molecular flexibility index (Phi) is 6.69. The second-order valence-electron chi connectivity index (χ2n) is 6.07. The number of aliphatic carboxylic acids is 1. The highest BCUT2D eigenvalue weighted by Gasteiger charge is 2.37. The van der Waals surface area contributed by atoms with E-state index >= 15 is 0 Å². The maximum absolute atomic E-state index is 11.6. The van der Waals surface area contributed by atoms with Gasteiger partial charge in [-0.2, -0.15) is 0 Å². The van der Waals surface area contributed by atoms with Crippen LogP contribution in [-0.2, 0) is 9.53 Å². The molecule has 106 valence electrons. The minimum absolute atomic E-state index is 0.516. The third-order valence-electron chi connectivity index (χ3n) is 3.94. The van der Waals surface area contributed by atoms with Crippen LogP contribution in [0.3, 0.4) is 0 Å². The minimum atomic E-state index is -0.613. The molecular weight excluding hydrogens is 228 g/mol. The van der Waals surface area contributed by atoms with Crippen LogP contribution in [-0.4, -0.2) is 24.3 Å². The van der Waals surface area contributed by atoms with Gasteiger partial charge in [0.15, 0.2) is 0 Å². The number of carboxylic acids is 1. The van der Waals surface area contributed by atoms with Crippen molar-refractivity contribution < 1.29 is 14.6 Å². The molecule has 0 aromatic carbocycles. The zero-order valence-electron chi connectivity index (χ0n) is 11.9. The minimum Gasteiger partial charge on any atom is -0.481 e. The lowest BCUT2D eigenvalue weighted by Crippen LogP contribution is -2.33. The molecule has 1 N–H and O–H groups in total. The fraction of sp³-hybridized carbons (Fsp3) is 0.933. The molecule has 0 saturated heterocycles. The van der Waals surface area contributed by atoms with E-state index in [1.54, 1.807) is 0 Å². The Labute approximate surface area is 111 Å². The van der Waals surface area contributed by atoms with E-state index in [1.807, 2.05) is 0 Å². The number of carbonyl (C=O) groups is 1. The molecule has 0 bridgehead atoms. The Morgan fingerprint density at radius 3 is 2.22 bits per heavy atom. The van der Waals surface area contributed by atoms with Gasteiger partial charge in [0.1, 0.15) is 0 Å². The van der Waals surface area contributed by atoms with Crippen molar-refractivity contribution in [1.82, 2.24) is 0 Å². The highest BCUT2D eigenvalue weighted by Crippen LogP contribution is 2.37. The van der Waals surface area contributed by atoms with Crippen molar-refractivity contribution in [1.29, 1.82) is 0 Å². The molecule has 3 heteroatoms. The fourth-order valence-electron chi connectivity index (χ4n) is 2.74. The Bertz CT molecular complexity index is 240. The van der Waals surface area contributed by atoms with Crippen LogP contribution < -0.4 is 0 Å². The van der Waals surface area contributed by atoms with Crippen LogP contribution in [0.25, 0.3) is 0 Å². The first kappa shape index (κ1) is 15.5. The molecule has 1 aliphatic carbocycles. The van der Waals surface area contributed by atoms with Crippen molar-refractivity contribution in [2.24, 2.45) is 11.3 Å². The molecule has 1 saturated carbocycles. The van der Waals surface area contributed by atoms with Gasteiger partial charge in [-0.25, -0.2) is 0 Å². The van der Waals surface area contributed by atoms with E-state index in [4.69, 9.17) is 4.74 Å². The van der Waals surface area contributed by atoms with E-state index in [2.05, 4.69) is 13.8 Å². The first-order chi connectivity index (χ1) is 8.57. The lowest BCUT2D eigenvalue weighted by molar-refractivity contribution is -0.152. The van der Waals surface area contributed by atoms with Gasteiger partial charge in [-0.05, 0) is 25.2 Å². The molecule has 18 heavy (non-hydrogen) atoms. The van der Waals surface area contributed by atoms with Gasteiger partial charge in [0.2, 0.25) is 0 Å². The van der Waals surface area contributed by atoms with E-state index in [9.17, 15) is 9.90 Å². The first-order valence-corrected chi connectivity index (χ1v) is 7.38. The van der Waals surface area contributed by atoms with E-state index in [0.717, 1.165) is 32.3 Å². The van der Waals surface area contributed by atoms with Crippen molar-refractivity contribution in [2.75, 3.05) is 13.2 Å². The van der Waals surface area contributed by atoms with Crippen molar-refractivity contribution in [3.8, 4) is 0 Å². The molecule has 0 amide bonds. The van der Waals surface area contributed by atoms with Gasteiger partial charge < -0.3 is 9.84 Å². The number of hydrogen-bond donors (Lipinski definition) is 1. The van der Waals surface area contributed by atoms with Crippen molar-refractivity contribution in [3.63, 3.8) is 0 Å². The van der Waals surface area contributed by atoms with Gasteiger partial charge in [0.05, 0.1) is 5.41 Å². The molecule has 0 aromatic heterocycles. The molecular formula is C15H28O3. The smallest absolute Gasteiger partial charge is 0.309 e. The molecule has 1 aliphatic rings. The largest absolute Gasteiger partial charge is 0.481 e. The topological polar surface area (TPSA) is 46.5 Å². The highest BCUT2D eigenvalue weighted by molar-refractivity contribution is 5.74. The molecule has 0 heterocycles. The zero-order valence-corrected chi connectivity index (χ0v) is 11.9. The van der Waals surface area contributed by atoms with E-state index < -0.39 is 11.4 Å². The van der Waals surface area contributed by atoms with Crippen molar-refractivity contribution >= 4 is 5.97 Å². The average Bonchev–Trinajstić information content (AvgIpc) is 2.26. The second kappa shape index (κ2) is 7.78. The third-order valence-corrected chi connectivity index (χ3v) is 3.94. The SMILES string of the molecule is CC(C)COCCC1(C(=O)O)CCCCCCC1. The summed E-state index contributed by atoms with van der Waals surface area (Å²) in [4.78, 5) is 11.6. The summed E-state index contributed by atoms with van der Waals surface area (Å²) in [6.45, 7) is 5.55. The summed E-state index contributed by atoms with van der Waals surface area (Å²) < 4.78 is 5.58. The standard InChI is InChI=1S/C15H28O3/c1-13(2)12-18-11-10-15(14(16)17)8-6-4-3-5-7-9-15/h13H,3-12H2,1-2H3,(H,16,17). The lowest BCUT2D eigenvalue weighted by atomic mass is 9.74. The van der Waals surface area contributed by atoms with Gasteiger partial charge in [0, 0.05) is 13.2 Å². The van der Waals surface area contributed by atoms with E-state index in [-0.39, 0.29) is 0 Å². The molecule has 1 fully saturated rings. The number of rotatable bonds is 6. The maximum atomic E-state index is 11.6. The summed E-state index contributed by atoms with van der Waals surface area (Å²) >= 11 is 0. The van der Waals surface area contributed by atoms with Gasteiger partial charge in [-0.3, -0.25) is 4.79 Å². The summed E-state index contributed by atoms with van der Waals surface area (Å²) in [7, 11) is 0. The quantitative estimate of drug-likeness (QED) is 0.734. The summed E-state index contributed by atoms with van der Waals surface area (Å²) in [5.74, 6) is -0.0966. The van der Waals surface area contributed by atoms with Crippen molar-refractivity contribution in [2.45, 2.75) is 65.2 Å². The molecule has 1 rings (SSSR count). The highest BCUT2D eigenvalue weighted by atomic mass is 16.5. The number of hydrogen-bond acceptors (Lipinski definition) is 2. The van der Waals surface area contributed by atoms with Crippen LogP contribution in [0.5, 0.6) is 0 Å². The first-order valence-electron chi connectivity index (χ1n) is 7.38. The Balaban J connectivity index is 2.47. The zero-order chi connectivity index (χ0) is 13.4. The Hall–Kier alpha value is -0.570. The lowest BCUT2D eigenvalue weighted by Gasteiger charge is -2.31. The summed E-state index contributed by atoms with van der Waals surface area (Å²) in [5, 5.41) is 9.56. The molecule has 0 spiro atoms. The van der Waals surface area contributed by atoms with Crippen LogP contribution in [0.2, 0.25) is 0 Å². The van der Waals surface area contributed by atoms with Crippen LogP contribution >= 0.6 is 0 Å². The Morgan fingerprint density at radius 2 is 1.72 bits per heavy atom. The fourth-order valence-corrected chi connectivity index (χ4v) is 2.74. The van der Waals surface area contributed by atoms with Gasteiger partial charge in [-0.15, -0.1) is 0 Å². The molecule has 0 aliphatic heterocycles. The van der Waals surface area contributed by atoms with Crippen LogP contribution in [0.15, 0.2) is 0 Å². The van der Waals surface area contributed by atoms with Gasteiger partial charge >= 0.3 is 5.97 Å². The maximum Gasteiger partial charge on any atom is 0.309 e. The summed E-state index contributed by atoms with van der Waals surface area (Å²) in [6, 6.07) is 0. The molecule has 3 nitrogen and oxygen atoms in total. The van der Waals surface area contributed by atoms with Gasteiger partial charge in [0.25, 0.3) is 0 Å². The summed E-state index contributed by atoms with van der Waals surface area (Å²) in [5.41, 5.74) is -0.516. The van der Waals surface area contributed by atoms with Crippen LogP contribution in [0, 0.1) is 11.3 Å². The second-order valence-corrected chi connectivity index (χ2v) is 6.07. The van der Waals surface area contributed by atoms with Crippen LogP contribution in [0.4, 0.5) is 0 Å². The molecule has 0 atom stereocenters. The van der Waals surface area contributed by atoms with E-state index in [1.165, 1.54) is 19.3 Å². The van der Waals surface area contributed by atoms with Crippen LogP contribution in [0.1, 0.15) is 65.2 Å². The third kappa shape index (κ3) is 4.97. The predicted octanol–water partition coefficient (Wildman–Crippen LogP) is 3.86. The molecule has 0 aromatic rings.